The van der Waals surface area contributed by atoms with Crippen LogP contribution in [0.4, 0.5) is 0 Å². The summed E-state index contributed by atoms with van der Waals surface area (Å²) < 4.78 is 0. The van der Waals surface area contributed by atoms with Crippen LogP contribution in [0.2, 0.25) is 0 Å². The van der Waals surface area contributed by atoms with E-state index < -0.39 is 0 Å². The molecule has 4 nitrogen and oxygen atoms in total. The molecule has 2 aromatic rings. The Morgan fingerprint density at radius 3 is 2.74 bits per heavy atom. The zero-order chi connectivity index (χ0) is 16.2. The van der Waals surface area contributed by atoms with E-state index in [4.69, 9.17) is 0 Å². The molecule has 1 aliphatic heterocycles. The number of rotatable bonds is 6. The molecule has 3 rings (SSSR count). The van der Waals surface area contributed by atoms with Crippen molar-refractivity contribution in [1.29, 1.82) is 0 Å². The molecule has 1 atom stereocenters. The van der Waals surface area contributed by atoms with Crippen molar-refractivity contribution in [2.45, 2.75) is 12.3 Å². The van der Waals surface area contributed by atoms with Crippen molar-refractivity contribution >= 4 is 46.2 Å². The summed E-state index contributed by atoms with van der Waals surface area (Å²) in [5.74, 6) is 0.732. The zero-order valence-electron chi connectivity index (χ0n) is 12.8. The van der Waals surface area contributed by atoms with Gasteiger partial charge in [-0.3, -0.25) is 9.59 Å². The Morgan fingerprint density at radius 2 is 2.09 bits per heavy atom. The molecular formula is C16H18N2O2S3. The Balaban J connectivity index is 1.65. The van der Waals surface area contributed by atoms with Crippen LogP contribution in [0, 0.1) is 0 Å². The normalized spacial score (nSPS) is 17.7. The number of likely N-dealkylation sites (N-methyl/N-ethyl adjacent to an activating group) is 1. The van der Waals surface area contributed by atoms with Gasteiger partial charge >= 0.3 is 0 Å². The van der Waals surface area contributed by atoms with E-state index in [0.29, 0.717) is 25.4 Å². The highest BCUT2D eigenvalue weighted by Crippen LogP contribution is 2.40. The van der Waals surface area contributed by atoms with Crippen LogP contribution in [0.3, 0.4) is 0 Å². The third kappa shape index (κ3) is 3.62. The highest BCUT2D eigenvalue weighted by atomic mass is 32.2. The fourth-order valence-electron chi connectivity index (χ4n) is 2.55. The summed E-state index contributed by atoms with van der Waals surface area (Å²) in [6, 6.07) is 7.82. The van der Waals surface area contributed by atoms with E-state index in [0.717, 1.165) is 4.88 Å². The zero-order valence-corrected chi connectivity index (χ0v) is 15.3. The minimum Gasteiger partial charge on any atom is -0.336 e. The van der Waals surface area contributed by atoms with Gasteiger partial charge < -0.3 is 9.80 Å². The van der Waals surface area contributed by atoms with Gasteiger partial charge in [0.1, 0.15) is 5.37 Å². The molecular weight excluding hydrogens is 348 g/mol. The Hall–Kier alpha value is -1.31. The first-order valence-corrected chi connectivity index (χ1v) is 10.3. The molecule has 7 heteroatoms. The lowest BCUT2D eigenvalue weighted by Crippen LogP contribution is -2.39. The van der Waals surface area contributed by atoms with E-state index in [1.165, 1.54) is 16.2 Å². The van der Waals surface area contributed by atoms with Gasteiger partial charge in [0.05, 0.1) is 10.6 Å². The molecule has 3 heterocycles. The first-order chi connectivity index (χ1) is 11.2. The molecule has 2 aromatic heterocycles. The summed E-state index contributed by atoms with van der Waals surface area (Å²) in [7, 11) is 0. The van der Waals surface area contributed by atoms with Crippen LogP contribution < -0.4 is 0 Å². The number of thiophene rings is 2. The molecule has 0 N–H and O–H groups in total. The summed E-state index contributed by atoms with van der Waals surface area (Å²) in [5.41, 5.74) is 0. The van der Waals surface area contributed by atoms with Crippen molar-refractivity contribution in [3.8, 4) is 0 Å². The third-order valence-corrected chi connectivity index (χ3v) is 6.94. The predicted octanol–water partition coefficient (Wildman–Crippen LogP) is 3.55. The van der Waals surface area contributed by atoms with Gasteiger partial charge in [-0.05, 0) is 29.8 Å². The van der Waals surface area contributed by atoms with E-state index in [1.54, 1.807) is 23.1 Å². The molecule has 1 fully saturated rings. The summed E-state index contributed by atoms with van der Waals surface area (Å²) in [5, 5.41) is 4.04. The van der Waals surface area contributed by atoms with Crippen LogP contribution in [-0.4, -0.2) is 47.0 Å². The van der Waals surface area contributed by atoms with E-state index in [9.17, 15) is 9.59 Å². The quantitative estimate of drug-likeness (QED) is 0.785. The first kappa shape index (κ1) is 16.5. The van der Waals surface area contributed by atoms with Gasteiger partial charge in [-0.1, -0.05) is 12.1 Å². The van der Waals surface area contributed by atoms with Crippen LogP contribution in [0.5, 0.6) is 0 Å². The van der Waals surface area contributed by atoms with E-state index >= 15 is 0 Å². The molecule has 0 radical (unpaired) electrons. The summed E-state index contributed by atoms with van der Waals surface area (Å²) in [6.07, 6.45) is 0. The van der Waals surface area contributed by atoms with E-state index in [-0.39, 0.29) is 17.2 Å². The molecule has 0 bridgehead atoms. The number of carbonyl (C=O) groups is 2. The standard InChI is InChI=1S/C16H18N2O2S3/c1-2-17(15(20)12-5-3-9-21-12)7-8-18-14(19)11-23-16(18)13-6-4-10-22-13/h3-6,9-10,16H,2,7-8,11H2,1H3/t16-/m0/s1. The number of hydrogen-bond acceptors (Lipinski definition) is 5. The van der Waals surface area contributed by atoms with Crippen molar-refractivity contribution in [2.75, 3.05) is 25.4 Å². The maximum Gasteiger partial charge on any atom is 0.263 e. The summed E-state index contributed by atoms with van der Waals surface area (Å²) >= 11 is 4.80. The lowest BCUT2D eigenvalue weighted by Gasteiger charge is -2.27. The van der Waals surface area contributed by atoms with Gasteiger partial charge in [0, 0.05) is 24.5 Å². The predicted molar refractivity (Wildman–Crippen MR) is 97.1 cm³/mol. The minimum atomic E-state index is 0.0504. The minimum absolute atomic E-state index is 0.0504. The number of amides is 2. The molecule has 0 saturated carbocycles. The van der Waals surface area contributed by atoms with E-state index in [2.05, 4.69) is 6.07 Å². The fraction of sp³-hybridized carbons (Fsp3) is 0.375. The fourth-order valence-corrected chi connectivity index (χ4v) is 5.44. The van der Waals surface area contributed by atoms with Crippen molar-refractivity contribution in [3.05, 3.63) is 44.8 Å². The second-order valence-corrected chi connectivity index (χ2v) is 8.12. The molecule has 0 spiro atoms. The van der Waals surface area contributed by atoms with Gasteiger partial charge in [-0.2, -0.15) is 0 Å². The molecule has 0 aromatic carbocycles. The average molecular weight is 367 g/mol. The van der Waals surface area contributed by atoms with Crippen molar-refractivity contribution in [3.63, 3.8) is 0 Å². The first-order valence-electron chi connectivity index (χ1n) is 7.48. The lowest BCUT2D eigenvalue weighted by atomic mass is 10.3. The van der Waals surface area contributed by atoms with Crippen molar-refractivity contribution in [2.24, 2.45) is 0 Å². The largest absolute Gasteiger partial charge is 0.336 e. The maximum atomic E-state index is 12.5. The number of thioether (sulfide) groups is 1. The molecule has 122 valence electrons. The lowest BCUT2D eigenvalue weighted by molar-refractivity contribution is -0.128. The summed E-state index contributed by atoms with van der Waals surface area (Å²) in [6.45, 7) is 3.78. The molecule has 23 heavy (non-hydrogen) atoms. The third-order valence-electron chi connectivity index (χ3n) is 3.77. The van der Waals surface area contributed by atoms with E-state index in [1.807, 2.05) is 45.7 Å². The van der Waals surface area contributed by atoms with Gasteiger partial charge in [0.15, 0.2) is 0 Å². The topological polar surface area (TPSA) is 40.6 Å². The Kier molecular flexibility index (Phi) is 5.40. The van der Waals surface area contributed by atoms with Crippen LogP contribution in [0.15, 0.2) is 35.0 Å². The molecule has 0 aliphatic carbocycles. The summed E-state index contributed by atoms with van der Waals surface area (Å²) in [4.78, 5) is 30.3. The van der Waals surface area contributed by atoms with Crippen molar-refractivity contribution in [1.82, 2.24) is 9.80 Å². The molecule has 0 unspecified atom stereocenters. The van der Waals surface area contributed by atoms with Crippen LogP contribution in [-0.2, 0) is 4.79 Å². The van der Waals surface area contributed by atoms with Gasteiger partial charge in [0.25, 0.3) is 5.91 Å². The average Bonchev–Trinajstić information content (AvgIpc) is 3.29. The Morgan fingerprint density at radius 1 is 1.30 bits per heavy atom. The van der Waals surface area contributed by atoms with Gasteiger partial charge in [-0.25, -0.2) is 0 Å². The Labute approximate surface area is 148 Å². The number of hydrogen-bond donors (Lipinski definition) is 0. The maximum absolute atomic E-state index is 12.5. The monoisotopic (exact) mass is 366 g/mol. The van der Waals surface area contributed by atoms with Crippen LogP contribution in [0.1, 0.15) is 26.8 Å². The second kappa shape index (κ2) is 7.51. The van der Waals surface area contributed by atoms with Crippen LogP contribution in [0.25, 0.3) is 0 Å². The molecule has 1 saturated heterocycles. The number of nitrogens with zero attached hydrogens (tertiary/aromatic N) is 2. The van der Waals surface area contributed by atoms with Gasteiger partial charge in [0.2, 0.25) is 5.91 Å². The molecule has 2 amide bonds. The highest BCUT2D eigenvalue weighted by molar-refractivity contribution is 8.00. The number of carbonyl (C=O) groups excluding carboxylic acids is 2. The van der Waals surface area contributed by atoms with Gasteiger partial charge in [-0.15, -0.1) is 34.4 Å². The smallest absolute Gasteiger partial charge is 0.263 e. The second-order valence-electron chi connectivity index (χ2n) is 5.13. The van der Waals surface area contributed by atoms with Crippen LogP contribution >= 0.6 is 34.4 Å². The Bertz CT molecular complexity index is 655. The molecule has 1 aliphatic rings. The highest BCUT2D eigenvalue weighted by Gasteiger charge is 2.33. The SMILES string of the molecule is CCN(CCN1C(=O)CS[C@H]1c1cccs1)C(=O)c1cccs1. The van der Waals surface area contributed by atoms with Crippen molar-refractivity contribution < 1.29 is 9.59 Å².